The van der Waals surface area contributed by atoms with Crippen molar-refractivity contribution in [3.63, 3.8) is 0 Å². The molecule has 142 valence electrons. The molecule has 1 aliphatic rings. The summed E-state index contributed by atoms with van der Waals surface area (Å²) >= 11 is 1.73. The zero-order valence-corrected chi connectivity index (χ0v) is 16.3. The second kappa shape index (κ2) is 9.25. The highest BCUT2D eigenvalue weighted by atomic mass is 32.1. The van der Waals surface area contributed by atoms with Crippen molar-refractivity contribution in [3.05, 3.63) is 34.1 Å². The second-order valence-corrected chi connectivity index (χ2v) is 7.96. The van der Waals surface area contributed by atoms with E-state index in [4.69, 9.17) is 4.52 Å². The molecule has 2 aromatic rings. The van der Waals surface area contributed by atoms with Crippen LogP contribution in [0.25, 0.3) is 0 Å². The largest absolute Gasteiger partial charge is 0.355 e. The number of carbonyl (C=O) groups is 1. The molecule has 0 unspecified atom stereocenters. The number of hydrogen-bond donors (Lipinski definition) is 1. The van der Waals surface area contributed by atoms with E-state index < -0.39 is 0 Å². The molecule has 0 saturated carbocycles. The number of aromatic nitrogens is 2. The van der Waals surface area contributed by atoms with Gasteiger partial charge in [-0.15, -0.1) is 11.3 Å². The highest BCUT2D eigenvalue weighted by molar-refractivity contribution is 7.09. The third kappa shape index (κ3) is 5.62. The molecule has 1 aliphatic heterocycles. The van der Waals surface area contributed by atoms with Gasteiger partial charge in [0.15, 0.2) is 5.82 Å². The van der Waals surface area contributed by atoms with Gasteiger partial charge in [-0.3, -0.25) is 14.6 Å². The van der Waals surface area contributed by atoms with Crippen LogP contribution in [0.4, 0.5) is 0 Å². The van der Waals surface area contributed by atoms with E-state index in [1.807, 2.05) is 6.07 Å². The summed E-state index contributed by atoms with van der Waals surface area (Å²) < 4.78 is 5.32. The molecule has 1 amide bonds. The number of thiophene rings is 1. The summed E-state index contributed by atoms with van der Waals surface area (Å²) in [7, 11) is 0. The lowest BCUT2D eigenvalue weighted by atomic mass is 10.2. The first-order valence-corrected chi connectivity index (χ1v) is 10.0. The fraction of sp³-hybridized carbons (Fsp3) is 0.611. The topological polar surface area (TPSA) is 74.5 Å². The predicted molar refractivity (Wildman–Crippen MR) is 101 cm³/mol. The van der Waals surface area contributed by atoms with Crippen LogP contribution in [-0.2, 0) is 17.8 Å². The van der Waals surface area contributed by atoms with E-state index in [9.17, 15) is 4.79 Å². The van der Waals surface area contributed by atoms with Crippen molar-refractivity contribution in [1.82, 2.24) is 25.3 Å². The summed E-state index contributed by atoms with van der Waals surface area (Å²) in [4.78, 5) is 22.3. The van der Waals surface area contributed by atoms with Crippen molar-refractivity contribution in [2.24, 2.45) is 0 Å². The highest BCUT2D eigenvalue weighted by Gasteiger charge is 2.21. The minimum Gasteiger partial charge on any atom is -0.355 e. The third-order valence-corrected chi connectivity index (χ3v) is 5.40. The maximum absolute atomic E-state index is 12.1. The Hall–Kier alpha value is -1.77. The molecule has 26 heavy (non-hydrogen) atoms. The van der Waals surface area contributed by atoms with Gasteiger partial charge in [0, 0.05) is 43.5 Å². The maximum atomic E-state index is 12.1. The molecule has 3 rings (SSSR count). The summed E-state index contributed by atoms with van der Waals surface area (Å²) in [5.74, 6) is 1.82. The fourth-order valence-corrected chi connectivity index (χ4v) is 3.61. The summed E-state index contributed by atoms with van der Waals surface area (Å²) in [6, 6.07) is 4.14. The van der Waals surface area contributed by atoms with Crippen molar-refractivity contribution in [2.45, 2.75) is 32.7 Å². The van der Waals surface area contributed by atoms with Gasteiger partial charge in [0.05, 0.1) is 13.1 Å². The van der Waals surface area contributed by atoms with Crippen LogP contribution in [0, 0.1) is 0 Å². The lowest BCUT2D eigenvalue weighted by molar-refractivity contribution is -0.122. The van der Waals surface area contributed by atoms with Gasteiger partial charge in [0.2, 0.25) is 11.8 Å². The van der Waals surface area contributed by atoms with Crippen LogP contribution in [0.1, 0.15) is 36.4 Å². The van der Waals surface area contributed by atoms with Crippen molar-refractivity contribution < 1.29 is 9.32 Å². The molecule has 0 bridgehead atoms. The van der Waals surface area contributed by atoms with E-state index in [0.717, 1.165) is 38.4 Å². The Balaban J connectivity index is 1.33. The molecule has 3 heterocycles. The van der Waals surface area contributed by atoms with Crippen LogP contribution in [0.15, 0.2) is 22.0 Å². The Labute approximate surface area is 158 Å². The van der Waals surface area contributed by atoms with E-state index in [-0.39, 0.29) is 11.8 Å². The molecule has 0 atom stereocenters. The van der Waals surface area contributed by atoms with E-state index in [1.165, 1.54) is 4.88 Å². The third-order valence-electron chi connectivity index (χ3n) is 4.46. The zero-order chi connectivity index (χ0) is 18.4. The second-order valence-electron chi connectivity index (χ2n) is 6.93. The van der Waals surface area contributed by atoms with E-state index in [1.54, 1.807) is 11.3 Å². The van der Waals surface area contributed by atoms with E-state index in [2.05, 4.69) is 50.6 Å². The average Bonchev–Trinajstić information content (AvgIpc) is 3.28. The van der Waals surface area contributed by atoms with Gasteiger partial charge in [-0.1, -0.05) is 25.1 Å². The standard InChI is InChI=1S/C18H27N5O2S/c1-14(2)18-20-17(25-21-18)13-23-9-7-22(8-10-23)12-16(24)19-6-5-15-4-3-11-26-15/h3-4,11,14H,5-10,12-13H2,1-2H3,(H,19,24). The normalized spacial score (nSPS) is 16.3. The van der Waals surface area contributed by atoms with Crippen molar-refractivity contribution >= 4 is 17.2 Å². The Morgan fingerprint density at radius 3 is 2.73 bits per heavy atom. The Morgan fingerprint density at radius 1 is 1.31 bits per heavy atom. The lowest BCUT2D eigenvalue weighted by Gasteiger charge is -2.33. The van der Waals surface area contributed by atoms with Gasteiger partial charge in [-0.25, -0.2) is 0 Å². The number of amides is 1. The van der Waals surface area contributed by atoms with Crippen LogP contribution < -0.4 is 5.32 Å². The molecule has 0 radical (unpaired) electrons. The number of hydrogen-bond acceptors (Lipinski definition) is 7. The minimum absolute atomic E-state index is 0.105. The number of rotatable bonds is 8. The Bertz CT molecular complexity index is 678. The van der Waals surface area contributed by atoms with E-state index in [0.29, 0.717) is 25.5 Å². The molecule has 7 nitrogen and oxygen atoms in total. The molecule has 0 aliphatic carbocycles. The summed E-state index contributed by atoms with van der Waals surface area (Å²) in [5.41, 5.74) is 0. The summed E-state index contributed by atoms with van der Waals surface area (Å²) in [6.45, 7) is 9.53. The van der Waals surface area contributed by atoms with Gasteiger partial charge in [0.1, 0.15) is 0 Å². The smallest absolute Gasteiger partial charge is 0.240 e. The fourth-order valence-electron chi connectivity index (χ4n) is 2.90. The molecule has 1 fully saturated rings. The zero-order valence-electron chi connectivity index (χ0n) is 15.5. The van der Waals surface area contributed by atoms with Crippen LogP contribution in [0.5, 0.6) is 0 Å². The van der Waals surface area contributed by atoms with Crippen molar-refractivity contribution in [3.8, 4) is 0 Å². The monoisotopic (exact) mass is 377 g/mol. The maximum Gasteiger partial charge on any atom is 0.240 e. The first-order valence-electron chi connectivity index (χ1n) is 9.16. The van der Waals surface area contributed by atoms with Gasteiger partial charge in [-0.05, 0) is 17.9 Å². The van der Waals surface area contributed by atoms with Gasteiger partial charge in [0.25, 0.3) is 0 Å². The molecule has 0 aromatic carbocycles. The molecular weight excluding hydrogens is 350 g/mol. The molecular formula is C18H27N5O2S. The van der Waals surface area contributed by atoms with Crippen LogP contribution in [-0.4, -0.2) is 65.1 Å². The van der Waals surface area contributed by atoms with Crippen molar-refractivity contribution in [1.29, 1.82) is 0 Å². The van der Waals surface area contributed by atoms with Gasteiger partial charge < -0.3 is 9.84 Å². The average molecular weight is 378 g/mol. The summed E-state index contributed by atoms with van der Waals surface area (Å²) in [5, 5.41) is 9.08. The van der Waals surface area contributed by atoms with Crippen LogP contribution in [0.3, 0.4) is 0 Å². The van der Waals surface area contributed by atoms with Crippen LogP contribution in [0.2, 0.25) is 0 Å². The van der Waals surface area contributed by atoms with Gasteiger partial charge in [-0.2, -0.15) is 4.98 Å². The molecule has 0 spiro atoms. The molecule has 2 aromatic heterocycles. The van der Waals surface area contributed by atoms with E-state index >= 15 is 0 Å². The Kier molecular flexibility index (Phi) is 6.76. The highest BCUT2D eigenvalue weighted by Crippen LogP contribution is 2.12. The van der Waals surface area contributed by atoms with Crippen LogP contribution >= 0.6 is 11.3 Å². The first kappa shape index (κ1) is 19.0. The SMILES string of the molecule is CC(C)c1noc(CN2CCN(CC(=O)NCCc3cccs3)CC2)n1. The number of piperazine rings is 1. The molecule has 1 N–H and O–H groups in total. The summed E-state index contributed by atoms with van der Waals surface area (Å²) in [6.07, 6.45) is 0.903. The predicted octanol–water partition coefficient (Wildman–Crippen LogP) is 1.73. The lowest BCUT2D eigenvalue weighted by Crippen LogP contribution is -2.49. The number of nitrogens with one attached hydrogen (secondary N) is 1. The molecule has 8 heteroatoms. The Morgan fingerprint density at radius 2 is 2.08 bits per heavy atom. The van der Waals surface area contributed by atoms with Crippen molar-refractivity contribution in [2.75, 3.05) is 39.3 Å². The minimum atomic E-state index is 0.105. The first-order chi connectivity index (χ1) is 12.6. The number of nitrogens with zero attached hydrogens (tertiary/aromatic N) is 4. The molecule has 1 saturated heterocycles. The van der Waals surface area contributed by atoms with Gasteiger partial charge >= 0.3 is 0 Å². The number of carbonyl (C=O) groups excluding carboxylic acids is 1. The quantitative estimate of drug-likeness (QED) is 0.755.